The molecule has 3 unspecified atom stereocenters. The second kappa shape index (κ2) is 5.97. The highest BCUT2D eigenvalue weighted by Crippen LogP contribution is 2.16. The molecule has 17 heavy (non-hydrogen) atoms. The number of carbonyl (C=O) groups is 2. The quantitative estimate of drug-likeness (QED) is 0.483. The summed E-state index contributed by atoms with van der Waals surface area (Å²) in [6.45, 7) is 4.26. The molecule has 0 aromatic rings. The number of amides is 2. The minimum absolute atomic E-state index is 0.0425. The van der Waals surface area contributed by atoms with Gasteiger partial charge in [-0.3, -0.25) is 9.59 Å². The molecule has 0 spiro atoms. The zero-order valence-electron chi connectivity index (χ0n) is 10.3. The lowest BCUT2D eigenvalue weighted by atomic mass is 9.95. The van der Waals surface area contributed by atoms with Crippen molar-refractivity contribution in [2.24, 2.45) is 11.7 Å². The average Bonchev–Trinajstić information content (AvgIpc) is 2.62. The van der Waals surface area contributed by atoms with Crippen LogP contribution in [0.5, 0.6) is 0 Å². The molecule has 1 heterocycles. The van der Waals surface area contributed by atoms with Crippen molar-refractivity contribution in [3.63, 3.8) is 0 Å². The van der Waals surface area contributed by atoms with E-state index in [1.807, 2.05) is 0 Å². The van der Waals surface area contributed by atoms with Gasteiger partial charge in [-0.2, -0.15) is 0 Å². The summed E-state index contributed by atoms with van der Waals surface area (Å²) in [5.74, 6) is -0.714. The van der Waals surface area contributed by atoms with Crippen molar-refractivity contribution < 1.29 is 14.7 Å². The lowest BCUT2D eigenvalue weighted by Gasteiger charge is -2.21. The molecule has 98 valence electrons. The fourth-order valence-corrected chi connectivity index (χ4v) is 1.89. The minimum Gasteiger partial charge on any atom is -0.382 e. The highest BCUT2D eigenvalue weighted by molar-refractivity contribution is 5.82. The number of hydrogen-bond donors (Lipinski definition) is 4. The number of nitrogens with two attached hydrogens (primary N) is 1. The summed E-state index contributed by atoms with van der Waals surface area (Å²) < 4.78 is 0. The predicted molar refractivity (Wildman–Crippen MR) is 63.0 cm³/mol. The lowest BCUT2D eigenvalue weighted by Crippen LogP contribution is -2.49. The van der Waals surface area contributed by atoms with Crippen LogP contribution < -0.4 is 16.4 Å². The van der Waals surface area contributed by atoms with E-state index in [2.05, 4.69) is 10.6 Å². The molecule has 1 fully saturated rings. The zero-order chi connectivity index (χ0) is 13.0. The van der Waals surface area contributed by atoms with Gasteiger partial charge in [-0.05, 0) is 26.7 Å². The Morgan fingerprint density at radius 1 is 1.65 bits per heavy atom. The molecule has 5 N–H and O–H groups in total. The first-order chi connectivity index (χ1) is 7.91. The van der Waals surface area contributed by atoms with E-state index in [1.54, 1.807) is 13.8 Å². The molecule has 0 bridgehead atoms. The van der Waals surface area contributed by atoms with Gasteiger partial charge in [0.2, 0.25) is 5.91 Å². The van der Waals surface area contributed by atoms with Gasteiger partial charge in [0.05, 0.1) is 0 Å². The van der Waals surface area contributed by atoms with Crippen LogP contribution in [0.1, 0.15) is 26.7 Å². The van der Waals surface area contributed by atoms with Gasteiger partial charge in [0.15, 0.2) is 0 Å². The summed E-state index contributed by atoms with van der Waals surface area (Å²) in [7, 11) is 0. The van der Waals surface area contributed by atoms with Crippen LogP contribution in [0.15, 0.2) is 0 Å². The number of rotatable bonds is 5. The molecule has 0 aromatic heterocycles. The minimum atomic E-state index is -1.26. The van der Waals surface area contributed by atoms with Gasteiger partial charge >= 0.3 is 0 Å². The SMILES string of the molecule is CC(C)NC(=O)C(O)C(N)CC1CCNC1=O. The number of nitrogens with one attached hydrogen (secondary N) is 2. The Kier molecular flexibility index (Phi) is 4.89. The van der Waals surface area contributed by atoms with Crippen molar-refractivity contribution in [3.05, 3.63) is 0 Å². The maximum absolute atomic E-state index is 11.5. The van der Waals surface area contributed by atoms with Crippen LogP contribution in [0, 0.1) is 5.92 Å². The zero-order valence-corrected chi connectivity index (χ0v) is 10.3. The monoisotopic (exact) mass is 243 g/mol. The maximum Gasteiger partial charge on any atom is 0.250 e. The van der Waals surface area contributed by atoms with E-state index in [4.69, 9.17) is 5.73 Å². The third kappa shape index (κ3) is 3.98. The fraction of sp³-hybridized carbons (Fsp3) is 0.818. The molecule has 2 amide bonds. The molecule has 0 aromatic carbocycles. The van der Waals surface area contributed by atoms with Crippen molar-refractivity contribution in [2.45, 2.75) is 44.9 Å². The van der Waals surface area contributed by atoms with Crippen molar-refractivity contribution in [3.8, 4) is 0 Å². The highest BCUT2D eigenvalue weighted by atomic mass is 16.3. The average molecular weight is 243 g/mol. The van der Waals surface area contributed by atoms with Gasteiger partial charge < -0.3 is 21.5 Å². The largest absolute Gasteiger partial charge is 0.382 e. The van der Waals surface area contributed by atoms with E-state index < -0.39 is 18.1 Å². The Morgan fingerprint density at radius 2 is 2.29 bits per heavy atom. The van der Waals surface area contributed by atoms with Gasteiger partial charge in [-0.1, -0.05) is 0 Å². The van der Waals surface area contributed by atoms with Crippen LogP contribution in [0.3, 0.4) is 0 Å². The number of carbonyl (C=O) groups excluding carboxylic acids is 2. The lowest BCUT2D eigenvalue weighted by molar-refractivity contribution is -0.132. The molecule has 6 heteroatoms. The first kappa shape index (κ1) is 13.9. The molecule has 1 aliphatic rings. The van der Waals surface area contributed by atoms with E-state index >= 15 is 0 Å². The van der Waals surface area contributed by atoms with Crippen molar-refractivity contribution in [1.82, 2.24) is 10.6 Å². The van der Waals surface area contributed by atoms with Crippen LogP contribution in [-0.2, 0) is 9.59 Å². The molecule has 0 radical (unpaired) electrons. The number of aliphatic hydroxyl groups is 1. The normalized spacial score (nSPS) is 23.4. The number of hydrogen-bond acceptors (Lipinski definition) is 4. The summed E-state index contributed by atoms with van der Waals surface area (Å²) in [4.78, 5) is 22.8. The molecular weight excluding hydrogens is 222 g/mol. The summed E-state index contributed by atoms with van der Waals surface area (Å²) in [5.41, 5.74) is 5.75. The molecule has 1 rings (SSSR count). The Hall–Kier alpha value is -1.14. The Morgan fingerprint density at radius 3 is 2.76 bits per heavy atom. The highest BCUT2D eigenvalue weighted by Gasteiger charge is 2.31. The fourth-order valence-electron chi connectivity index (χ4n) is 1.89. The number of aliphatic hydroxyl groups excluding tert-OH is 1. The van der Waals surface area contributed by atoms with E-state index in [9.17, 15) is 14.7 Å². The summed E-state index contributed by atoms with van der Waals surface area (Å²) >= 11 is 0. The Labute approximate surface area is 101 Å². The standard InChI is InChI=1S/C11H21N3O3/c1-6(2)14-11(17)9(15)8(12)5-7-3-4-13-10(7)16/h6-9,15H,3-5,12H2,1-2H3,(H,13,16)(H,14,17). The summed E-state index contributed by atoms with van der Waals surface area (Å²) in [6, 6.07) is -0.748. The maximum atomic E-state index is 11.5. The Bertz CT molecular complexity index is 294. The predicted octanol–water partition coefficient (Wildman–Crippen LogP) is -1.27. The molecule has 0 saturated carbocycles. The van der Waals surface area contributed by atoms with Gasteiger partial charge in [-0.15, -0.1) is 0 Å². The van der Waals surface area contributed by atoms with Crippen LogP contribution >= 0.6 is 0 Å². The van der Waals surface area contributed by atoms with Crippen LogP contribution in [0.4, 0.5) is 0 Å². The van der Waals surface area contributed by atoms with Crippen molar-refractivity contribution in [2.75, 3.05) is 6.54 Å². The summed E-state index contributed by atoms with van der Waals surface area (Å²) in [6.07, 6.45) is -0.213. The molecule has 3 atom stereocenters. The van der Waals surface area contributed by atoms with E-state index in [0.29, 0.717) is 19.4 Å². The topological polar surface area (TPSA) is 104 Å². The second-order valence-corrected chi connectivity index (χ2v) is 4.78. The smallest absolute Gasteiger partial charge is 0.250 e. The van der Waals surface area contributed by atoms with Gasteiger partial charge in [0, 0.05) is 24.5 Å². The molecule has 1 saturated heterocycles. The first-order valence-electron chi connectivity index (χ1n) is 5.93. The molecular formula is C11H21N3O3. The van der Waals surface area contributed by atoms with Crippen LogP contribution in [-0.4, -0.2) is 41.7 Å². The van der Waals surface area contributed by atoms with Crippen molar-refractivity contribution in [1.29, 1.82) is 0 Å². The second-order valence-electron chi connectivity index (χ2n) is 4.78. The van der Waals surface area contributed by atoms with E-state index in [-0.39, 0.29) is 17.9 Å². The van der Waals surface area contributed by atoms with Crippen LogP contribution in [0.25, 0.3) is 0 Å². The molecule has 0 aliphatic carbocycles. The van der Waals surface area contributed by atoms with Gasteiger partial charge in [0.1, 0.15) is 6.10 Å². The van der Waals surface area contributed by atoms with Gasteiger partial charge in [-0.25, -0.2) is 0 Å². The third-order valence-corrected chi connectivity index (χ3v) is 2.82. The van der Waals surface area contributed by atoms with Crippen LogP contribution in [0.2, 0.25) is 0 Å². The molecule has 1 aliphatic heterocycles. The Balaban J connectivity index is 2.43. The molecule has 6 nitrogen and oxygen atoms in total. The van der Waals surface area contributed by atoms with Crippen molar-refractivity contribution >= 4 is 11.8 Å². The van der Waals surface area contributed by atoms with E-state index in [0.717, 1.165) is 0 Å². The third-order valence-electron chi connectivity index (χ3n) is 2.82. The first-order valence-corrected chi connectivity index (χ1v) is 5.93. The van der Waals surface area contributed by atoms with E-state index in [1.165, 1.54) is 0 Å². The summed E-state index contributed by atoms with van der Waals surface area (Å²) in [5, 5.41) is 15.0. The van der Waals surface area contributed by atoms with Gasteiger partial charge in [0.25, 0.3) is 5.91 Å².